The van der Waals surface area contributed by atoms with Gasteiger partial charge in [-0.25, -0.2) is 8.42 Å². The summed E-state index contributed by atoms with van der Waals surface area (Å²) >= 11 is 12.2. The summed E-state index contributed by atoms with van der Waals surface area (Å²) in [6.45, 7) is 6.63. The molecule has 0 aliphatic carbocycles. The van der Waals surface area contributed by atoms with Crippen molar-refractivity contribution in [3.63, 3.8) is 0 Å². The zero-order chi connectivity index (χ0) is 19.3. The van der Waals surface area contributed by atoms with Crippen molar-refractivity contribution >= 4 is 63.0 Å². The average Bonchev–Trinajstić information content (AvgIpc) is 2.48. The van der Waals surface area contributed by atoms with Gasteiger partial charge in [-0.2, -0.15) is 0 Å². The fourth-order valence-corrected chi connectivity index (χ4v) is 3.70. The van der Waals surface area contributed by atoms with Crippen LogP contribution in [0.3, 0.4) is 0 Å². The molecule has 2 N–H and O–H groups in total. The molecule has 1 atom stereocenters. The van der Waals surface area contributed by atoms with Gasteiger partial charge in [0.1, 0.15) is 9.84 Å². The fourth-order valence-electron chi connectivity index (χ4n) is 2.20. The Morgan fingerprint density at radius 3 is 2.42 bits per heavy atom. The van der Waals surface area contributed by atoms with E-state index in [0.717, 1.165) is 5.56 Å². The number of benzene rings is 1. The van der Waals surface area contributed by atoms with Crippen molar-refractivity contribution < 1.29 is 8.42 Å². The van der Waals surface area contributed by atoms with Crippen molar-refractivity contribution in [1.82, 2.24) is 10.6 Å². The van der Waals surface area contributed by atoms with Crippen LogP contribution in [0.15, 0.2) is 23.2 Å². The quantitative estimate of drug-likeness (QED) is 0.310. The summed E-state index contributed by atoms with van der Waals surface area (Å²) in [6.07, 6.45) is 1.84. The van der Waals surface area contributed by atoms with E-state index in [-0.39, 0.29) is 41.2 Å². The van der Waals surface area contributed by atoms with Gasteiger partial charge in [0, 0.05) is 29.9 Å². The zero-order valence-corrected chi connectivity index (χ0v) is 20.4. The first-order chi connectivity index (χ1) is 11.4. The first-order valence-electron chi connectivity index (χ1n) is 8.03. The summed E-state index contributed by atoms with van der Waals surface area (Å²) in [4.78, 5) is 4.22. The van der Waals surface area contributed by atoms with E-state index in [1.807, 2.05) is 26.8 Å². The number of rotatable bonds is 7. The van der Waals surface area contributed by atoms with Crippen LogP contribution in [-0.4, -0.2) is 40.0 Å². The van der Waals surface area contributed by atoms with Crippen molar-refractivity contribution in [3.05, 3.63) is 33.8 Å². The largest absolute Gasteiger partial charge is 0.356 e. The smallest absolute Gasteiger partial charge is 0.191 e. The molecule has 0 aliphatic heterocycles. The lowest BCUT2D eigenvalue weighted by Crippen LogP contribution is -2.43. The third-order valence-corrected chi connectivity index (χ3v) is 5.40. The predicted octanol–water partition coefficient (Wildman–Crippen LogP) is 4.30. The Hall–Kier alpha value is -0.250. The summed E-state index contributed by atoms with van der Waals surface area (Å²) in [7, 11) is -1.27. The molecule has 1 aromatic carbocycles. The summed E-state index contributed by atoms with van der Waals surface area (Å²) in [5.41, 5.74) is 0.743. The number of guanidine groups is 1. The fraction of sp³-hybridized carbons (Fsp3) is 0.588. The Morgan fingerprint density at radius 1 is 1.31 bits per heavy atom. The number of nitrogens with zero attached hydrogens (tertiary/aromatic N) is 1. The third kappa shape index (κ3) is 9.62. The molecule has 150 valence electrons. The maximum atomic E-state index is 11.4. The minimum atomic E-state index is -2.96. The van der Waals surface area contributed by atoms with Gasteiger partial charge in [0.05, 0.1) is 11.8 Å². The number of nitrogens with one attached hydrogen (secondary N) is 2. The van der Waals surface area contributed by atoms with Gasteiger partial charge in [-0.05, 0) is 36.5 Å². The predicted molar refractivity (Wildman–Crippen MR) is 123 cm³/mol. The molecule has 0 aromatic heterocycles. The highest BCUT2D eigenvalue weighted by Gasteiger charge is 2.21. The Kier molecular flexibility index (Phi) is 10.8. The van der Waals surface area contributed by atoms with E-state index in [0.29, 0.717) is 29.0 Å². The standard InChI is InChI=1S/C17H27Cl2N3O2S.HI/c1-12(14-7-6-13(18)10-15(14)19)22-16(20-4)21-11-17(2,3)8-9-25(5,23)24;/h6-7,10,12H,8-9,11H2,1-5H3,(H2,20,21,22);1H. The molecule has 1 rings (SSSR count). The Bertz CT molecular complexity index is 725. The SMILES string of the molecule is CN=C(NCC(C)(C)CCS(C)(=O)=O)NC(C)c1ccc(Cl)cc1Cl.I. The van der Waals surface area contributed by atoms with E-state index < -0.39 is 9.84 Å². The molecule has 0 radical (unpaired) electrons. The van der Waals surface area contributed by atoms with Crippen LogP contribution < -0.4 is 10.6 Å². The van der Waals surface area contributed by atoms with Gasteiger partial charge in [-0.15, -0.1) is 24.0 Å². The first kappa shape index (κ1) is 25.8. The molecule has 26 heavy (non-hydrogen) atoms. The maximum absolute atomic E-state index is 11.4. The zero-order valence-electron chi connectivity index (χ0n) is 15.8. The lowest BCUT2D eigenvalue weighted by molar-refractivity contribution is 0.348. The van der Waals surface area contributed by atoms with Crippen LogP contribution in [0.5, 0.6) is 0 Å². The highest BCUT2D eigenvalue weighted by Crippen LogP contribution is 2.26. The molecular formula is C17H28Cl2IN3O2S. The second-order valence-electron chi connectivity index (χ2n) is 7.00. The second kappa shape index (κ2) is 10.9. The number of hydrogen-bond acceptors (Lipinski definition) is 3. The first-order valence-corrected chi connectivity index (χ1v) is 10.8. The molecule has 1 unspecified atom stereocenters. The number of aliphatic imine (C=N–C) groups is 1. The summed E-state index contributed by atoms with van der Waals surface area (Å²) in [5, 5.41) is 7.72. The molecule has 9 heteroatoms. The topological polar surface area (TPSA) is 70.6 Å². The van der Waals surface area contributed by atoms with Gasteiger partial charge < -0.3 is 10.6 Å². The minimum absolute atomic E-state index is 0. The molecule has 1 aromatic rings. The monoisotopic (exact) mass is 535 g/mol. The van der Waals surface area contributed by atoms with Gasteiger partial charge in [0.15, 0.2) is 5.96 Å². The van der Waals surface area contributed by atoms with E-state index in [2.05, 4.69) is 15.6 Å². The third-order valence-electron chi connectivity index (χ3n) is 3.89. The van der Waals surface area contributed by atoms with E-state index >= 15 is 0 Å². The summed E-state index contributed by atoms with van der Waals surface area (Å²) in [5.74, 6) is 0.802. The van der Waals surface area contributed by atoms with E-state index in [1.54, 1.807) is 19.2 Å². The molecule has 0 spiro atoms. The number of hydrogen-bond donors (Lipinski definition) is 2. The van der Waals surface area contributed by atoms with Crippen LogP contribution >= 0.6 is 47.2 Å². The molecule has 5 nitrogen and oxygen atoms in total. The molecule has 0 saturated carbocycles. The van der Waals surface area contributed by atoms with Crippen LogP contribution in [0.2, 0.25) is 10.0 Å². The van der Waals surface area contributed by atoms with Crippen LogP contribution in [0.25, 0.3) is 0 Å². The molecular weight excluding hydrogens is 508 g/mol. The van der Waals surface area contributed by atoms with Crippen LogP contribution in [0, 0.1) is 5.41 Å². The highest BCUT2D eigenvalue weighted by molar-refractivity contribution is 14.0. The van der Waals surface area contributed by atoms with E-state index in [1.165, 1.54) is 6.26 Å². The van der Waals surface area contributed by atoms with Gasteiger partial charge in [-0.3, -0.25) is 4.99 Å². The Balaban J connectivity index is 0.00000625. The van der Waals surface area contributed by atoms with Crippen molar-refractivity contribution in [2.75, 3.05) is 25.6 Å². The van der Waals surface area contributed by atoms with Gasteiger partial charge >= 0.3 is 0 Å². The molecule has 0 saturated heterocycles. The Labute approximate surface area is 184 Å². The Morgan fingerprint density at radius 2 is 1.92 bits per heavy atom. The number of sulfone groups is 1. The minimum Gasteiger partial charge on any atom is -0.356 e. The van der Waals surface area contributed by atoms with E-state index in [4.69, 9.17) is 23.2 Å². The lowest BCUT2D eigenvalue weighted by atomic mass is 9.90. The van der Waals surface area contributed by atoms with Crippen molar-refractivity contribution in [1.29, 1.82) is 0 Å². The second-order valence-corrected chi connectivity index (χ2v) is 10.1. The highest BCUT2D eigenvalue weighted by atomic mass is 127. The maximum Gasteiger partial charge on any atom is 0.191 e. The van der Waals surface area contributed by atoms with Crippen molar-refractivity contribution in [3.8, 4) is 0 Å². The van der Waals surface area contributed by atoms with E-state index in [9.17, 15) is 8.42 Å². The van der Waals surface area contributed by atoms with Crippen LogP contribution in [0.4, 0.5) is 0 Å². The van der Waals surface area contributed by atoms with Crippen LogP contribution in [-0.2, 0) is 9.84 Å². The lowest BCUT2D eigenvalue weighted by Gasteiger charge is -2.27. The van der Waals surface area contributed by atoms with Crippen molar-refractivity contribution in [2.24, 2.45) is 10.4 Å². The molecule has 0 fully saturated rings. The van der Waals surface area contributed by atoms with Gasteiger partial charge in [0.25, 0.3) is 0 Å². The molecule has 0 bridgehead atoms. The molecule has 0 aliphatic rings. The van der Waals surface area contributed by atoms with Gasteiger partial charge in [-0.1, -0.05) is 43.1 Å². The normalized spacial score (nSPS) is 13.7. The van der Waals surface area contributed by atoms with Gasteiger partial charge in [0.2, 0.25) is 0 Å². The summed E-state index contributed by atoms with van der Waals surface area (Å²) < 4.78 is 22.7. The summed E-state index contributed by atoms with van der Waals surface area (Å²) in [6, 6.07) is 5.33. The van der Waals surface area contributed by atoms with Crippen LogP contribution in [0.1, 0.15) is 38.8 Å². The number of halogens is 3. The average molecular weight is 536 g/mol. The molecule has 0 amide bonds. The van der Waals surface area contributed by atoms with Crippen molar-refractivity contribution in [2.45, 2.75) is 33.2 Å². The molecule has 0 heterocycles.